The highest BCUT2D eigenvalue weighted by Gasteiger charge is 2.39. The second-order valence-electron chi connectivity index (χ2n) is 5.02. The largest absolute Gasteiger partial charge is 0.347 e. The summed E-state index contributed by atoms with van der Waals surface area (Å²) in [6.45, 7) is 5.40. The molecule has 0 aliphatic heterocycles. The molecule has 1 amide bonds. The van der Waals surface area contributed by atoms with Gasteiger partial charge in [-0.2, -0.15) is 5.10 Å². The van der Waals surface area contributed by atoms with E-state index in [4.69, 9.17) is 5.73 Å². The number of nitrogens with one attached hydrogen (secondary N) is 1. The standard InChI is InChI=1S/C12H20N4O/c1-9-10(8-14-16(9)7-3-6-13)11(17)15-12(2)4-5-12/h8H,3-7,13H2,1-2H3,(H,15,17). The molecule has 1 aromatic heterocycles. The van der Waals surface area contributed by atoms with Gasteiger partial charge in [0.15, 0.2) is 0 Å². The fourth-order valence-corrected chi connectivity index (χ4v) is 1.79. The molecule has 94 valence electrons. The minimum Gasteiger partial charge on any atom is -0.347 e. The minimum atomic E-state index is -0.0125. The van der Waals surface area contributed by atoms with Crippen molar-refractivity contribution >= 4 is 5.91 Å². The Balaban J connectivity index is 2.05. The summed E-state index contributed by atoms with van der Waals surface area (Å²) >= 11 is 0. The van der Waals surface area contributed by atoms with E-state index in [1.807, 2.05) is 11.6 Å². The number of amides is 1. The van der Waals surface area contributed by atoms with Gasteiger partial charge in [-0.05, 0) is 39.7 Å². The van der Waals surface area contributed by atoms with Crippen molar-refractivity contribution in [2.45, 2.75) is 45.2 Å². The van der Waals surface area contributed by atoms with Crippen LogP contribution in [0.2, 0.25) is 0 Å². The highest BCUT2D eigenvalue weighted by atomic mass is 16.1. The maximum atomic E-state index is 12.0. The quantitative estimate of drug-likeness (QED) is 0.795. The van der Waals surface area contributed by atoms with Crippen LogP contribution < -0.4 is 11.1 Å². The zero-order valence-electron chi connectivity index (χ0n) is 10.5. The molecule has 1 saturated carbocycles. The summed E-state index contributed by atoms with van der Waals surface area (Å²) in [5.74, 6) is -0.0125. The summed E-state index contributed by atoms with van der Waals surface area (Å²) in [5, 5.41) is 7.26. The number of carbonyl (C=O) groups excluding carboxylic acids is 1. The van der Waals surface area contributed by atoms with E-state index in [9.17, 15) is 4.79 Å². The van der Waals surface area contributed by atoms with Gasteiger partial charge in [0, 0.05) is 17.8 Å². The van der Waals surface area contributed by atoms with Crippen LogP contribution in [0.4, 0.5) is 0 Å². The van der Waals surface area contributed by atoms with E-state index in [2.05, 4.69) is 17.3 Å². The van der Waals surface area contributed by atoms with Gasteiger partial charge in [0.1, 0.15) is 0 Å². The number of aromatic nitrogens is 2. The van der Waals surface area contributed by atoms with Crippen molar-refractivity contribution in [3.8, 4) is 0 Å². The molecule has 0 aromatic carbocycles. The topological polar surface area (TPSA) is 72.9 Å². The Morgan fingerprint density at radius 2 is 2.35 bits per heavy atom. The van der Waals surface area contributed by atoms with Crippen LogP contribution in [0.3, 0.4) is 0 Å². The molecule has 1 heterocycles. The first-order valence-corrected chi connectivity index (χ1v) is 6.11. The fraction of sp³-hybridized carbons (Fsp3) is 0.667. The van der Waals surface area contributed by atoms with Gasteiger partial charge in [-0.1, -0.05) is 0 Å². The zero-order chi connectivity index (χ0) is 12.5. The molecule has 0 unspecified atom stereocenters. The molecule has 0 saturated heterocycles. The lowest BCUT2D eigenvalue weighted by Crippen LogP contribution is -2.34. The number of hydrogen-bond acceptors (Lipinski definition) is 3. The van der Waals surface area contributed by atoms with E-state index < -0.39 is 0 Å². The summed E-state index contributed by atoms with van der Waals surface area (Å²) in [6.07, 6.45) is 4.66. The van der Waals surface area contributed by atoms with Crippen LogP contribution in [0.25, 0.3) is 0 Å². The third kappa shape index (κ3) is 2.66. The summed E-state index contributed by atoms with van der Waals surface area (Å²) < 4.78 is 1.84. The van der Waals surface area contributed by atoms with Gasteiger partial charge < -0.3 is 11.1 Å². The summed E-state index contributed by atoms with van der Waals surface area (Å²) in [6, 6.07) is 0. The highest BCUT2D eigenvalue weighted by Crippen LogP contribution is 2.34. The van der Waals surface area contributed by atoms with Crippen molar-refractivity contribution in [1.82, 2.24) is 15.1 Å². The molecule has 1 aliphatic rings. The Bertz CT molecular complexity index is 420. The van der Waals surface area contributed by atoms with Crippen LogP contribution in [0, 0.1) is 6.92 Å². The molecule has 17 heavy (non-hydrogen) atoms. The van der Waals surface area contributed by atoms with E-state index in [1.54, 1.807) is 6.20 Å². The van der Waals surface area contributed by atoms with Gasteiger partial charge >= 0.3 is 0 Å². The molecule has 5 heteroatoms. The lowest BCUT2D eigenvalue weighted by Gasteiger charge is -2.11. The third-order valence-corrected chi connectivity index (χ3v) is 3.34. The molecule has 5 nitrogen and oxygen atoms in total. The molecule has 0 spiro atoms. The lowest BCUT2D eigenvalue weighted by molar-refractivity contribution is 0.0934. The number of carbonyl (C=O) groups is 1. The van der Waals surface area contributed by atoms with Crippen LogP contribution in [0.1, 0.15) is 42.2 Å². The Morgan fingerprint density at radius 3 is 2.94 bits per heavy atom. The van der Waals surface area contributed by atoms with Crippen LogP contribution >= 0.6 is 0 Å². The Hall–Kier alpha value is -1.36. The lowest BCUT2D eigenvalue weighted by atomic mass is 10.2. The average Bonchev–Trinajstić information content (AvgIpc) is 2.88. The van der Waals surface area contributed by atoms with Gasteiger partial charge in [-0.3, -0.25) is 9.48 Å². The summed E-state index contributed by atoms with van der Waals surface area (Å²) in [7, 11) is 0. The monoisotopic (exact) mass is 236 g/mol. The molecule has 0 atom stereocenters. The van der Waals surface area contributed by atoms with Crippen LogP contribution in [-0.2, 0) is 6.54 Å². The summed E-state index contributed by atoms with van der Waals surface area (Å²) in [4.78, 5) is 12.0. The predicted octanol–water partition coefficient (Wildman–Crippen LogP) is 0.823. The van der Waals surface area contributed by atoms with E-state index in [0.717, 1.165) is 31.5 Å². The second-order valence-corrected chi connectivity index (χ2v) is 5.02. The number of rotatable bonds is 5. The van der Waals surface area contributed by atoms with Gasteiger partial charge in [0.25, 0.3) is 5.91 Å². The van der Waals surface area contributed by atoms with E-state index in [1.165, 1.54) is 0 Å². The molecule has 2 rings (SSSR count). The maximum Gasteiger partial charge on any atom is 0.255 e. The van der Waals surface area contributed by atoms with E-state index >= 15 is 0 Å². The first kappa shape index (κ1) is 12.1. The smallest absolute Gasteiger partial charge is 0.255 e. The van der Waals surface area contributed by atoms with Crippen LogP contribution in [0.5, 0.6) is 0 Å². The van der Waals surface area contributed by atoms with Crippen molar-refractivity contribution in [3.05, 3.63) is 17.5 Å². The normalized spacial score (nSPS) is 16.9. The molecule has 3 N–H and O–H groups in total. The third-order valence-electron chi connectivity index (χ3n) is 3.34. The van der Waals surface area contributed by atoms with Crippen molar-refractivity contribution in [1.29, 1.82) is 0 Å². The van der Waals surface area contributed by atoms with Gasteiger partial charge in [-0.25, -0.2) is 0 Å². The van der Waals surface area contributed by atoms with Crippen molar-refractivity contribution in [2.75, 3.05) is 6.54 Å². The van der Waals surface area contributed by atoms with Gasteiger partial charge in [-0.15, -0.1) is 0 Å². The molecule has 1 aliphatic carbocycles. The second kappa shape index (κ2) is 4.49. The molecule has 0 radical (unpaired) electrons. The Morgan fingerprint density at radius 1 is 1.65 bits per heavy atom. The first-order chi connectivity index (χ1) is 8.06. The van der Waals surface area contributed by atoms with Crippen LogP contribution in [-0.4, -0.2) is 27.8 Å². The molecular weight excluding hydrogens is 216 g/mol. The SMILES string of the molecule is Cc1c(C(=O)NC2(C)CC2)cnn1CCCN. The first-order valence-electron chi connectivity index (χ1n) is 6.11. The van der Waals surface area contributed by atoms with Crippen LogP contribution in [0.15, 0.2) is 6.20 Å². The predicted molar refractivity (Wildman–Crippen MR) is 65.7 cm³/mol. The van der Waals surface area contributed by atoms with Crippen molar-refractivity contribution < 1.29 is 4.79 Å². The Kier molecular flexibility index (Phi) is 3.19. The minimum absolute atomic E-state index is 0.0125. The van der Waals surface area contributed by atoms with E-state index in [-0.39, 0.29) is 11.4 Å². The molecule has 1 fully saturated rings. The molecular formula is C12H20N4O. The maximum absolute atomic E-state index is 12.0. The molecule has 0 bridgehead atoms. The summed E-state index contributed by atoms with van der Waals surface area (Å²) in [5.41, 5.74) is 7.07. The van der Waals surface area contributed by atoms with Gasteiger partial charge in [0.2, 0.25) is 0 Å². The molecule has 1 aromatic rings. The van der Waals surface area contributed by atoms with Gasteiger partial charge in [0.05, 0.1) is 11.8 Å². The van der Waals surface area contributed by atoms with E-state index in [0.29, 0.717) is 12.1 Å². The highest BCUT2D eigenvalue weighted by molar-refractivity contribution is 5.95. The zero-order valence-corrected chi connectivity index (χ0v) is 10.5. The van der Waals surface area contributed by atoms with Crippen molar-refractivity contribution in [3.63, 3.8) is 0 Å². The number of nitrogens with zero attached hydrogens (tertiary/aromatic N) is 2. The number of hydrogen-bond donors (Lipinski definition) is 2. The fourth-order valence-electron chi connectivity index (χ4n) is 1.79. The average molecular weight is 236 g/mol. The van der Waals surface area contributed by atoms with Crippen molar-refractivity contribution in [2.24, 2.45) is 5.73 Å². The number of nitrogens with two attached hydrogens (primary N) is 1. The number of aryl methyl sites for hydroxylation is 1. The Labute approximate surface area is 101 Å².